The second-order valence-electron chi connectivity index (χ2n) is 5.78. The minimum absolute atomic E-state index is 0.508. The van der Waals surface area contributed by atoms with Crippen molar-refractivity contribution < 1.29 is 0 Å². The smallest absolute Gasteiger partial charge is 0.205 e. The van der Waals surface area contributed by atoms with E-state index >= 15 is 0 Å². The van der Waals surface area contributed by atoms with Crippen molar-refractivity contribution in [3.8, 4) is 0 Å². The van der Waals surface area contributed by atoms with Gasteiger partial charge in [0.15, 0.2) is 0 Å². The molecule has 4 heteroatoms. The first-order chi connectivity index (χ1) is 8.10. The molecule has 1 heterocycles. The summed E-state index contributed by atoms with van der Waals surface area (Å²) in [6.07, 6.45) is 6.86. The Morgan fingerprint density at radius 1 is 1.29 bits per heavy atom. The number of hydrogen-bond donors (Lipinski definition) is 1. The van der Waals surface area contributed by atoms with Gasteiger partial charge in [0.1, 0.15) is 5.01 Å². The highest BCUT2D eigenvalue weighted by Gasteiger charge is 2.34. The molecule has 1 aliphatic carbocycles. The molecular weight excluding hydrogens is 230 g/mol. The van der Waals surface area contributed by atoms with Crippen LogP contribution in [0.25, 0.3) is 0 Å². The summed E-state index contributed by atoms with van der Waals surface area (Å²) in [5.41, 5.74) is 0.508. The van der Waals surface area contributed by atoms with Crippen molar-refractivity contribution in [1.82, 2.24) is 10.2 Å². The molecule has 0 radical (unpaired) electrons. The SMILES string of the molecule is Cc1nnc(NCC2(CC(C)C)CCCC2)s1. The molecule has 3 nitrogen and oxygen atoms in total. The molecule has 1 fully saturated rings. The molecular formula is C13H23N3S. The highest BCUT2D eigenvalue weighted by atomic mass is 32.1. The van der Waals surface area contributed by atoms with Crippen LogP contribution in [0, 0.1) is 18.3 Å². The third-order valence-corrected chi connectivity index (χ3v) is 4.44. The molecule has 96 valence electrons. The highest BCUT2D eigenvalue weighted by Crippen LogP contribution is 2.43. The number of nitrogens with one attached hydrogen (secondary N) is 1. The molecule has 1 aromatic rings. The maximum Gasteiger partial charge on any atom is 0.205 e. The van der Waals surface area contributed by atoms with E-state index in [0.29, 0.717) is 5.41 Å². The van der Waals surface area contributed by atoms with E-state index in [0.717, 1.165) is 22.6 Å². The maximum absolute atomic E-state index is 4.14. The molecule has 1 saturated carbocycles. The average molecular weight is 253 g/mol. The van der Waals surface area contributed by atoms with Crippen molar-refractivity contribution in [2.45, 2.75) is 52.9 Å². The van der Waals surface area contributed by atoms with Crippen LogP contribution in [0.3, 0.4) is 0 Å². The van der Waals surface area contributed by atoms with Crippen LogP contribution in [0.1, 0.15) is 51.0 Å². The second-order valence-corrected chi connectivity index (χ2v) is 6.97. The lowest BCUT2D eigenvalue weighted by Gasteiger charge is -2.31. The van der Waals surface area contributed by atoms with Crippen molar-refractivity contribution >= 4 is 16.5 Å². The summed E-state index contributed by atoms with van der Waals surface area (Å²) in [5.74, 6) is 0.783. The number of hydrogen-bond acceptors (Lipinski definition) is 4. The molecule has 0 bridgehead atoms. The normalized spacial score (nSPS) is 18.8. The van der Waals surface area contributed by atoms with Crippen LogP contribution in [-0.4, -0.2) is 16.7 Å². The minimum Gasteiger partial charge on any atom is -0.360 e. The third-order valence-electron chi connectivity index (χ3n) is 3.65. The molecule has 0 atom stereocenters. The molecule has 1 aromatic heterocycles. The second kappa shape index (κ2) is 5.34. The first-order valence-corrected chi connectivity index (χ1v) is 7.45. The largest absolute Gasteiger partial charge is 0.360 e. The highest BCUT2D eigenvalue weighted by molar-refractivity contribution is 7.15. The molecule has 0 amide bonds. The fourth-order valence-electron chi connectivity index (χ4n) is 3.08. The van der Waals surface area contributed by atoms with E-state index in [2.05, 4.69) is 29.4 Å². The Hall–Kier alpha value is -0.640. The van der Waals surface area contributed by atoms with E-state index in [-0.39, 0.29) is 0 Å². The predicted molar refractivity (Wildman–Crippen MR) is 73.5 cm³/mol. The molecule has 1 aliphatic rings. The Labute approximate surface area is 108 Å². The van der Waals surface area contributed by atoms with Gasteiger partial charge >= 0.3 is 0 Å². The Bertz CT molecular complexity index is 353. The molecule has 1 N–H and O–H groups in total. The molecule has 0 aromatic carbocycles. The van der Waals surface area contributed by atoms with Crippen molar-refractivity contribution in [2.75, 3.05) is 11.9 Å². The lowest BCUT2D eigenvalue weighted by Crippen LogP contribution is -2.28. The fraction of sp³-hybridized carbons (Fsp3) is 0.846. The number of aryl methyl sites for hydroxylation is 1. The van der Waals surface area contributed by atoms with Gasteiger partial charge in [-0.2, -0.15) is 0 Å². The van der Waals surface area contributed by atoms with E-state index in [1.54, 1.807) is 11.3 Å². The lowest BCUT2D eigenvalue weighted by atomic mass is 9.78. The van der Waals surface area contributed by atoms with Crippen LogP contribution in [0.15, 0.2) is 0 Å². The summed E-state index contributed by atoms with van der Waals surface area (Å²) >= 11 is 1.66. The van der Waals surface area contributed by atoms with Gasteiger partial charge in [-0.1, -0.05) is 38.0 Å². The zero-order valence-corrected chi connectivity index (χ0v) is 11.9. The zero-order valence-electron chi connectivity index (χ0n) is 11.1. The maximum atomic E-state index is 4.14. The van der Waals surface area contributed by atoms with Crippen LogP contribution in [0.4, 0.5) is 5.13 Å². The van der Waals surface area contributed by atoms with Gasteiger partial charge in [-0.3, -0.25) is 0 Å². The van der Waals surface area contributed by atoms with Crippen LogP contribution < -0.4 is 5.32 Å². The molecule has 2 rings (SSSR count). The predicted octanol–water partition coefficient (Wildman–Crippen LogP) is 3.86. The number of rotatable bonds is 5. The quantitative estimate of drug-likeness (QED) is 0.865. The van der Waals surface area contributed by atoms with Gasteiger partial charge in [0.25, 0.3) is 0 Å². The van der Waals surface area contributed by atoms with E-state index in [9.17, 15) is 0 Å². The van der Waals surface area contributed by atoms with Crippen molar-refractivity contribution in [2.24, 2.45) is 11.3 Å². The van der Waals surface area contributed by atoms with Crippen molar-refractivity contribution in [3.63, 3.8) is 0 Å². The van der Waals surface area contributed by atoms with Gasteiger partial charge in [0.2, 0.25) is 5.13 Å². The summed E-state index contributed by atoms with van der Waals surface area (Å²) in [7, 11) is 0. The average Bonchev–Trinajstić information content (AvgIpc) is 2.85. The topological polar surface area (TPSA) is 37.8 Å². The number of nitrogens with zero attached hydrogens (tertiary/aromatic N) is 2. The third kappa shape index (κ3) is 3.41. The van der Waals surface area contributed by atoms with E-state index in [1.807, 2.05) is 6.92 Å². The Morgan fingerprint density at radius 2 is 2.00 bits per heavy atom. The van der Waals surface area contributed by atoms with Gasteiger partial charge in [0.05, 0.1) is 0 Å². The molecule has 17 heavy (non-hydrogen) atoms. The van der Waals surface area contributed by atoms with Crippen LogP contribution in [0.2, 0.25) is 0 Å². The van der Waals surface area contributed by atoms with Gasteiger partial charge in [-0.25, -0.2) is 0 Å². The summed E-state index contributed by atoms with van der Waals surface area (Å²) in [6, 6.07) is 0. The number of aromatic nitrogens is 2. The van der Waals surface area contributed by atoms with Crippen molar-refractivity contribution in [3.05, 3.63) is 5.01 Å². The summed E-state index contributed by atoms with van der Waals surface area (Å²) in [6.45, 7) is 7.73. The van der Waals surface area contributed by atoms with E-state index in [4.69, 9.17) is 0 Å². The minimum atomic E-state index is 0.508. The van der Waals surface area contributed by atoms with Gasteiger partial charge < -0.3 is 5.32 Å². The Kier molecular flexibility index (Phi) is 4.02. The lowest BCUT2D eigenvalue weighted by molar-refractivity contribution is 0.252. The van der Waals surface area contributed by atoms with E-state index in [1.165, 1.54) is 32.1 Å². The summed E-state index contributed by atoms with van der Waals surface area (Å²) in [5, 5.41) is 13.7. The summed E-state index contributed by atoms with van der Waals surface area (Å²) < 4.78 is 0. The molecule has 0 aliphatic heterocycles. The number of anilines is 1. The van der Waals surface area contributed by atoms with Crippen LogP contribution >= 0.6 is 11.3 Å². The first-order valence-electron chi connectivity index (χ1n) is 6.64. The standard InChI is InChI=1S/C13H23N3S/c1-10(2)8-13(6-4-5-7-13)9-14-12-16-15-11(3)17-12/h10H,4-9H2,1-3H3,(H,14,16). The van der Waals surface area contributed by atoms with Crippen LogP contribution in [0.5, 0.6) is 0 Å². The van der Waals surface area contributed by atoms with E-state index < -0.39 is 0 Å². The fourth-order valence-corrected chi connectivity index (χ4v) is 3.66. The molecule has 0 unspecified atom stereocenters. The van der Waals surface area contributed by atoms with Gasteiger partial charge in [-0.05, 0) is 37.5 Å². The molecule has 0 spiro atoms. The van der Waals surface area contributed by atoms with Crippen LogP contribution in [-0.2, 0) is 0 Å². The molecule has 0 saturated heterocycles. The Balaban J connectivity index is 1.94. The van der Waals surface area contributed by atoms with Gasteiger partial charge in [0, 0.05) is 6.54 Å². The zero-order chi connectivity index (χ0) is 12.3. The van der Waals surface area contributed by atoms with Gasteiger partial charge in [-0.15, -0.1) is 10.2 Å². The van der Waals surface area contributed by atoms with Crippen molar-refractivity contribution in [1.29, 1.82) is 0 Å². The Morgan fingerprint density at radius 3 is 2.53 bits per heavy atom. The summed E-state index contributed by atoms with van der Waals surface area (Å²) in [4.78, 5) is 0. The first kappa shape index (κ1) is 12.8. The monoisotopic (exact) mass is 253 g/mol.